The standard InChI is InChI=1S/C16H24N2O2S/c1-11-10-17-9-8-15(11)18-16(19)12(2)21-14-6-4-13(20-3)5-7-14/h4-7,11-12,15,17H,8-10H2,1-3H3,(H,18,19). The smallest absolute Gasteiger partial charge is 0.233 e. The first-order chi connectivity index (χ1) is 10.1. The molecule has 2 N–H and O–H groups in total. The Labute approximate surface area is 131 Å². The van der Waals surface area contributed by atoms with Crippen LogP contribution in [0.3, 0.4) is 0 Å². The van der Waals surface area contributed by atoms with Gasteiger partial charge in [0.15, 0.2) is 0 Å². The monoisotopic (exact) mass is 308 g/mol. The zero-order chi connectivity index (χ0) is 15.2. The number of benzene rings is 1. The molecule has 1 aromatic rings. The van der Waals surface area contributed by atoms with E-state index in [0.717, 1.165) is 30.2 Å². The molecule has 2 rings (SSSR count). The molecule has 21 heavy (non-hydrogen) atoms. The Balaban J connectivity index is 1.86. The maximum atomic E-state index is 12.3. The number of hydrogen-bond acceptors (Lipinski definition) is 4. The van der Waals surface area contributed by atoms with Crippen molar-refractivity contribution < 1.29 is 9.53 Å². The number of thioether (sulfide) groups is 1. The summed E-state index contributed by atoms with van der Waals surface area (Å²) < 4.78 is 5.14. The first-order valence-electron chi connectivity index (χ1n) is 7.42. The number of carbonyl (C=O) groups is 1. The van der Waals surface area contributed by atoms with Crippen LogP contribution in [-0.2, 0) is 4.79 Å². The molecule has 0 saturated carbocycles. The number of ether oxygens (including phenoxy) is 1. The topological polar surface area (TPSA) is 50.4 Å². The van der Waals surface area contributed by atoms with E-state index in [1.165, 1.54) is 0 Å². The van der Waals surface area contributed by atoms with Gasteiger partial charge in [-0.2, -0.15) is 0 Å². The number of amides is 1. The van der Waals surface area contributed by atoms with E-state index in [1.54, 1.807) is 18.9 Å². The molecule has 5 heteroatoms. The molecule has 1 saturated heterocycles. The summed E-state index contributed by atoms with van der Waals surface area (Å²) in [7, 11) is 1.65. The average Bonchev–Trinajstić information content (AvgIpc) is 2.50. The highest BCUT2D eigenvalue weighted by molar-refractivity contribution is 8.00. The molecule has 0 aromatic heterocycles. The average molecular weight is 308 g/mol. The van der Waals surface area contributed by atoms with Crippen molar-refractivity contribution in [2.24, 2.45) is 5.92 Å². The molecule has 1 fully saturated rings. The molecule has 0 spiro atoms. The molecular formula is C16H24N2O2S. The van der Waals surface area contributed by atoms with Crippen molar-refractivity contribution in [2.45, 2.75) is 36.5 Å². The molecule has 116 valence electrons. The number of hydrogen-bond donors (Lipinski definition) is 2. The van der Waals surface area contributed by atoms with Gasteiger partial charge in [-0.1, -0.05) is 6.92 Å². The second-order valence-electron chi connectivity index (χ2n) is 5.52. The second-order valence-corrected chi connectivity index (χ2v) is 6.93. The largest absolute Gasteiger partial charge is 0.497 e. The Hall–Kier alpha value is -1.20. The van der Waals surface area contributed by atoms with Crippen molar-refractivity contribution in [3.63, 3.8) is 0 Å². The molecular weight excluding hydrogens is 284 g/mol. The van der Waals surface area contributed by atoms with E-state index in [4.69, 9.17) is 4.74 Å². The van der Waals surface area contributed by atoms with Crippen LogP contribution in [0.15, 0.2) is 29.2 Å². The van der Waals surface area contributed by atoms with Crippen LogP contribution in [0, 0.1) is 5.92 Å². The molecule has 0 radical (unpaired) electrons. The van der Waals surface area contributed by atoms with Gasteiger partial charge in [-0.05, 0) is 56.6 Å². The summed E-state index contributed by atoms with van der Waals surface area (Å²) in [5, 5.41) is 6.44. The Morgan fingerprint density at radius 1 is 1.43 bits per heavy atom. The lowest BCUT2D eigenvalue weighted by Crippen LogP contribution is -2.50. The Morgan fingerprint density at radius 2 is 2.14 bits per heavy atom. The van der Waals surface area contributed by atoms with Gasteiger partial charge in [0.05, 0.1) is 12.4 Å². The zero-order valence-electron chi connectivity index (χ0n) is 12.9. The number of nitrogens with one attached hydrogen (secondary N) is 2. The Bertz CT molecular complexity index is 464. The minimum absolute atomic E-state index is 0.0968. The van der Waals surface area contributed by atoms with Crippen LogP contribution in [0.4, 0.5) is 0 Å². The fraction of sp³-hybridized carbons (Fsp3) is 0.562. The van der Waals surface area contributed by atoms with Crippen LogP contribution in [0.25, 0.3) is 0 Å². The first-order valence-corrected chi connectivity index (χ1v) is 8.30. The molecule has 1 aliphatic rings. The van der Waals surface area contributed by atoms with Crippen molar-refractivity contribution in [2.75, 3.05) is 20.2 Å². The van der Waals surface area contributed by atoms with Crippen LogP contribution in [0.2, 0.25) is 0 Å². The normalized spacial score (nSPS) is 23.4. The molecule has 0 aliphatic carbocycles. The molecule has 1 heterocycles. The van der Waals surface area contributed by atoms with Crippen molar-refractivity contribution in [3.05, 3.63) is 24.3 Å². The molecule has 3 unspecified atom stereocenters. The summed E-state index contributed by atoms with van der Waals surface area (Å²) in [5.74, 6) is 1.44. The lowest BCUT2D eigenvalue weighted by Gasteiger charge is -2.31. The van der Waals surface area contributed by atoms with Crippen molar-refractivity contribution >= 4 is 17.7 Å². The third kappa shape index (κ3) is 4.64. The van der Waals surface area contributed by atoms with Gasteiger partial charge in [0.25, 0.3) is 0 Å². The number of rotatable bonds is 5. The van der Waals surface area contributed by atoms with E-state index < -0.39 is 0 Å². The van der Waals surface area contributed by atoms with Crippen LogP contribution in [-0.4, -0.2) is 37.4 Å². The van der Waals surface area contributed by atoms with Crippen LogP contribution in [0.1, 0.15) is 20.3 Å². The quantitative estimate of drug-likeness (QED) is 0.820. The maximum absolute atomic E-state index is 12.3. The molecule has 1 aromatic carbocycles. The molecule has 0 bridgehead atoms. The fourth-order valence-corrected chi connectivity index (χ4v) is 3.32. The van der Waals surface area contributed by atoms with Gasteiger partial charge >= 0.3 is 0 Å². The van der Waals surface area contributed by atoms with Crippen molar-refractivity contribution in [1.82, 2.24) is 10.6 Å². The Morgan fingerprint density at radius 3 is 2.76 bits per heavy atom. The predicted octanol–water partition coefficient (Wildman–Crippen LogP) is 2.29. The van der Waals surface area contributed by atoms with E-state index in [0.29, 0.717) is 5.92 Å². The number of carbonyl (C=O) groups excluding carboxylic acids is 1. The SMILES string of the molecule is COc1ccc(SC(C)C(=O)NC2CCNCC2C)cc1. The van der Waals surface area contributed by atoms with E-state index in [1.807, 2.05) is 31.2 Å². The van der Waals surface area contributed by atoms with Gasteiger partial charge in [0.1, 0.15) is 5.75 Å². The zero-order valence-corrected chi connectivity index (χ0v) is 13.7. The summed E-state index contributed by atoms with van der Waals surface area (Å²) >= 11 is 1.58. The van der Waals surface area contributed by atoms with Gasteiger partial charge in [-0.3, -0.25) is 4.79 Å². The lowest BCUT2D eigenvalue weighted by molar-refractivity contribution is -0.121. The summed E-state index contributed by atoms with van der Waals surface area (Å²) in [6.45, 7) is 6.09. The third-order valence-electron chi connectivity index (χ3n) is 3.85. The lowest BCUT2D eigenvalue weighted by atomic mass is 9.95. The summed E-state index contributed by atoms with van der Waals surface area (Å²) in [4.78, 5) is 13.4. The summed E-state index contributed by atoms with van der Waals surface area (Å²) in [5.41, 5.74) is 0. The minimum Gasteiger partial charge on any atom is -0.497 e. The highest BCUT2D eigenvalue weighted by Crippen LogP contribution is 2.25. The molecule has 4 nitrogen and oxygen atoms in total. The van der Waals surface area contributed by atoms with Gasteiger partial charge < -0.3 is 15.4 Å². The van der Waals surface area contributed by atoms with Crippen LogP contribution < -0.4 is 15.4 Å². The molecule has 3 atom stereocenters. The predicted molar refractivity (Wildman–Crippen MR) is 86.9 cm³/mol. The second kappa shape index (κ2) is 7.71. The fourth-order valence-electron chi connectivity index (χ4n) is 2.44. The number of piperidine rings is 1. The minimum atomic E-state index is -0.0968. The Kier molecular flexibility index (Phi) is 5.94. The number of methoxy groups -OCH3 is 1. The van der Waals surface area contributed by atoms with E-state index >= 15 is 0 Å². The molecule has 1 amide bonds. The van der Waals surface area contributed by atoms with E-state index in [-0.39, 0.29) is 17.2 Å². The third-order valence-corrected chi connectivity index (χ3v) is 4.97. The van der Waals surface area contributed by atoms with Gasteiger partial charge in [-0.15, -0.1) is 11.8 Å². The first kappa shape index (κ1) is 16.2. The highest BCUT2D eigenvalue weighted by atomic mass is 32.2. The van der Waals surface area contributed by atoms with E-state index in [2.05, 4.69) is 17.6 Å². The van der Waals surface area contributed by atoms with Crippen molar-refractivity contribution in [1.29, 1.82) is 0 Å². The van der Waals surface area contributed by atoms with Crippen LogP contribution >= 0.6 is 11.8 Å². The highest BCUT2D eigenvalue weighted by Gasteiger charge is 2.24. The van der Waals surface area contributed by atoms with Crippen molar-refractivity contribution in [3.8, 4) is 5.75 Å². The molecule has 1 aliphatic heterocycles. The summed E-state index contributed by atoms with van der Waals surface area (Å²) in [6, 6.07) is 8.10. The summed E-state index contributed by atoms with van der Waals surface area (Å²) in [6.07, 6.45) is 1.01. The van der Waals surface area contributed by atoms with Gasteiger partial charge in [0, 0.05) is 10.9 Å². The maximum Gasteiger partial charge on any atom is 0.233 e. The van der Waals surface area contributed by atoms with Gasteiger partial charge in [0.2, 0.25) is 5.91 Å². The van der Waals surface area contributed by atoms with Gasteiger partial charge in [-0.25, -0.2) is 0 Å². The van der Waals surface area contributed by atoms with E-state index in [9.17, 15) is 4.79 Å². The van der Waals surface area contributed by atoms with Crippen LogP contribution in [0.5, 0.6) is 5.75 Å².